The number of para-hydroxylation sites is 2. The van der Waals surface area contributed by atoms with Crippen LogP contribution in [0.3, 0.4) is 0 Å². The molecule has 1 aliphatic heterocycles. The largest absolute Gasteiger partial charge is 0.313 e. The monoisotopic (exact) mass is 298 g/mol. The van der Waals surface area contributed by atoms with Crippen LogP contribution in [0.25, 0.3) is 0 Å². The second kappa shape index (κ2) is 5.11. The zero-order valence-corrected chi connectivity index (χ0v) is 13.0. The van der Waals surface area contributed by atoms with Crippen LogP contribution in [0.5, 0.6) is 0 Å². The van der Waals surface area contributed by atoms with E-state index in [1.807, 2.05) is 29.2 Å². The molecule has 2 amide bonds. The van der Waals surface area contributed by atoms with Crippen LogP contribution in [-0.4, -0.2) is 25.4 Å². The second-order valence-corrected chi connectivity index (χ2v) is 6.96. The Bertz CT molecular complexity index is 627. The average molecular weight is 298 g/mol. The summed E-state index contributed by atoms with van der Waals surface area (Å²) in [4.78, 5) is 28.9. The summed E-state index contributed by atoms with van der Waals surface area (Å²) in [6.45, 7) is 0.507. The van der Waals surface area contributed by atoms with Crippen molar-refractivity contribution >= 4 is 23.2 Å². The number of anilines is 2. The molecule has 0 saturated heterocycles. The number of hydrogen-bond acceptors (Lipinski definition) is 2. The van der Waals surface area contributed by atoms with Gasteiger partial charge in [0.2, 0.25) is 11.8 Å². The molecule has 2 fully saturated rings. The lowest BCUT2D eigenvalue weighted by Gasteiger charge is -2.29. The van der Waals surface area contributed by atoms with Crippen molar-refractivity contribution in [2.75, 3.05) is 23.4 Å². The van der Waals surface area contributed by atoms with Gasteiger partial charge in [-0.25, -0.2) is 0 Å². The van der Waals surface area contributed by atoms with Crippen molar-refractivity contribution in [2.24, 2.45) is 17.8 Å². The van der Waals surface area contributed by atoms with Crippen LogP contribution in [0, 0.1) is 17.8 Å². The molecule has 1 aromatic carbocycles. The zero-order chi connectivity index (χ0) is 15.3. The minimum absolute atomic E-state index is 0.0793. The molecule has 3 unspecified atom stereocenters. The third kappa shape index (κ3) is 2.04. The third-order valence-corrected chi connectivity index (χ3v) is 5.78. The maximum absolute atomic E-state index is 13.1. The minimum Gasteiger partial charge on any atom is -0.313 e. The van der Waals surface area contributed by atoms with Gasteiger partial charge in [-0.05, 0) is 43.2 Å². The Labute approximate surface area is 131 Å². The van der Waals surface area contributed by atoms with Gasteiger partial charge in [0.05, 0.1) is 11.4 Å². The Balaban J connectivity index is 1.68. The Morgan fingerprint density at radius 1 is 1.14 bits per heavy atom. The molecule has 2 aliphatic carbocycles. The third-order valence-electron chi connectivity index (χ3n) is 5.78. The first kappa shape index (κ1) is 13.8. The molecule has 1 aromatic rings. The van der Waals surface area contributed by atoms with Crippen molar-refractivity contribution in [2.45, 2.75) is 32.1 Å². The van der Waals surface area contributed by atoms with E-state index in [2.05, 4.69) is 0 Å². The highest BCUT2D eigenvalue weighted by Crippen LogP contribution is 2.49. The predicted octanol–water partition coefficient (Wildman–Crippen LogP) is 2.82. The fraction of sp³-hybridized carbons (Fsp3) is 0.556. The van der Waals surface area contributed by atoms with Crippen molar-refractivity contribution < 1.29 is 9.59 Å². The maximum Gasteiger partial charge on any atom is 0.230 e. The summed E-state index contributed by atoms with van der Waals surface area (Å²) in [7, 11) is 1.80. The number of hydrogen-bond donors (Lipinski definition) is 0. The van der Waals surface area contributed by atoms with E-state index in [0.717, 1.165) is 23.7 Å². The van der Waals surface area contributed by atoms with Gasteiger partial charge in [0.1, 0.15) is 0 Å². The van der Waals surface area contributed by atoms with Crippen LogP contribution >= 0.6 is 0 Å². The van der Waals surface area contributed by atoms with Crippen molar-refractivity contribution in [3.8, 4) is 0 Å². The average Bonchev–Trinajstić information content (AvgIpc) is 3.14. The number of carbonyl (C=O) groups is 2. The predicted molar refractivity (Wildman–Crippen MR) is 85.8 cm³/mol. The number of nitrogens with zero attached hydrogens (tertiary/aromatic N) is 2. The molecule has 4 heteroatoms. The topological polar surface area (TPSA) is 40.6 Å². The van der Waals surface area contributed by atoms with Gasteiger partial charge in [-0.2, -0.15) is 0 Å². The number of amides is 2. The van der Waals surface area contributed by atoms with Gasteiger partial charge in [-0.15, -0.1) is 0 Å². The number of fused-ring (bicyclic) bond motifs is 3. The molecule has 22 heavy (non-hydrogen) atoms. The van der Waals surface area contributed by atoms with Crippen molar-refractivity contribution in [1.82, 2.24) is 0 Å². The Morgan fingerprint density at radius 2 is 1.91 bits per heavy atom. The molecule has 0 N–H and O–H groups in total. The molecule has 116 valence electrons. The van der Waals surface area contributed by atoms with E-state index < -0.39 is 0 Å². The number of carbonyl (C=O) groups excluding carboxylic acids is 2. The van der Waals surface area contributed by atoms with E-state index in [4.69, 9.17) is 0 Å². The first-order chi connectivity index (χ1) is 10.6. The molecule has 4 nitrogen and oxygen atoms in total. The van der Waals surface area contributed by atoms with E-state index in [1.165, 1.54) is 19.3 Å². The van der Waals surface area contributed by atoms with E-state index in [0.29, 0.717) is 18.9 Å². The highest BCUT2D eigenvalue weighted by molar-refractivity contribution is 6.05. The van der Waals surface area contributed by atoms with E-state index in [1.54, 1.807) is 11.9 Å². The molecule has 0 radical (unpaired) electrons. The summed E-state index contributed by atoms with van der Waals surface area (Å²) in [5.41, 5.74) is 1.74. The van der Waals surface area contributed by atoms with Gasteiger partial charge in [-0.1, -0.05) is 18.6 Å². The van der Waals surface area contributed by atoms with Crippen molar-refractivity contribution in [3.63, 3.8) is 0 Å². The van der Waals surface area contributed by atoms with Crippen LogP contribution in [0.4, 0.5) is 11.4 Å². The molecule has 3 atom stereocenters. The summed E-state index contributed by atoms with van der Waals surface area (Å²) in [5.74, 6) is 1.82. The zero-order valence-electron chi connectivity index (χ0n) is 13.0. The smallest absolute Gasteiger partial charge is 0.230 e. The fourth-order valence-electron chi connectivity index (χ4n) is 4.58. The SMILES string of the molecule is CN1C(=O)CCN(C(=O)C2CC3CCC2C3)c2ccccc21. The lowest BCUT2D eigenvalue weighted by molar-refractivity contribution is -0.123. The molecule has 1 heterocycles. The van der Waals surface area contributed by atoms with Crippen molar-refractivity contribution in [3.05, 3.63) is 24.3 Å². The first-order valence-corrected chi connectivity index (χ1v) is 8.32. The summed E-state index contributed by atoms with van der Waals surface area (Å²) in [6.07, 6.45) is 5.18. The minimum atomic E-state index is 0.0793. The molecule has 2 saturated carbocycles. The fourth-order valence-corrected chi connectivity index (χ4v) is 4.58. The normalized spacial score (nSPS) is 30.4. The van der Waals surface area contributed by atoms with Gasteiger partial charge in [-0.3, -0.25) is 9.59 Å². The highest BCUT2D eigenvalue weighted by atomic mass is 16.2. The molecule has 0 aromatic heterocycles. The van der Waals surface area contributed by atoms with Crippen LogP contribution in [-0.2, 0) is 9.59 Å². The van der Waals surface area contributed by atoms with Gasteiger partial charge < -0.3 is 9.80 Å². The van der Waals surface area contributed by atoms with Crippen LogP contribution in [0.15, 0.2) is 24.3 Å². The maximum atomic E-state index is 13.1. The molecule has 2 bridgehead atoms. The molecular weight excluding hydrogens is 276 g/mol. The highest BCUT2D eigenvalue weighted by Gasteiger charge is 2.45. The van der Waals surface area contributed by atoms with Crippen LogP contribution < -0.4 is 9.80 Å². The van der Waals surface area contributed by atoms with E-state index in [-0.39, 0.29) is 17.7 Å². The number of benzene rings is 1. The van der Waals surface area contributed by atoms with Crippen LogP contribution in [0.1, 0.15) is 32.1 Å². The quantitative estimate of drug-likeness (QED) is 0.800. The Hall–Kier alpha value is -1.84. The van der Waals surface area contributed by atoms with Gasteiger partial charge in [0.25, 0.3) is 0 Å². The summed E-state index contributed by atoms with van der Waals surface area (Å²) in [5, 5.41) is 0. The summed E-state index contributed by atoms with van der Waals surface area (Å²) in [6, 6.07) is 7.77. The second-order valence-electron chi connectivity index (χ2n) is 6.96. The van der Waals surface area contributed by atoms with E-state index >= 15 is 0 Å². The molecule has 4 rings (SSSR count). The van der Waals surface area contributed by atoms with Crippen molar-refractivity contribution in [1.29, 1.82) is 0 Å². The lowest BCUT2D eigenvalue weighted by atomic mass is 9.87. The van der Waals surface area contributed by atoms with E-state index in [9.17, 15) is 9.59 Å². The molecular formula is C18H22N2O2. The Morgan fingerprint density at radius 3 is 2.59 bits per heavy atom. The molecule has 3 aliphatic rings. The summed E-state index contributed by atoms with van der Waals surface area (Å²) < 4.78 is 0. The Kier molecular flexibility index (Phi) is 3.21. The lowest BCUT2D eigenvalue weighted by Crippen LogP contribution is -2.39. The van der Waals surface area contributed by atoms with Crippen LogP contribution in [0.2, 0.25) is 0 Å². The summed E-state index contributed by atoms with van der Waals surface area (Å²) >= 11 is 0. The van der Waals surface area contributed by atoms with Gasteiger partial charge in [0.15, 0.2) is 0 Å². The standard InChI is InChI=1S/C18H22N2O2/c1-19-15-4-2-3-5-16(15)20(9-8-17(19)21)18(22)14-11-12-6-7-13(14)10-12/h2-5,12-14H,6-11H2,1H3. The molecule has 0 spiro atoms. The van der Waals surface area contributed by atoms with Gasteiger partial charge in [0, 0.05) is 25.9 Å². The van der Waals surface area contributed by atoms with Gasteiger partial charge >= 0.3 is 0 Å². The number of rotatable bonds is 1. The first-order valence-electron chi connectivity index (χ1n) is 8.32.